The normalized spacial score (nSPS) is 35.0. The molecule has 0 aromatic heterocycles. The van der Waals surface area contributed by atoms with E-state index in [1.54, 1.807) is 5.56 Å². The van der Waals surface area contributed by atoms with Gasteiger partial charge in [0.1, 0.15) is 0 Å². The summed E-state index contributed by atoms with van der Waals surface area (Å²) < 4.78 is 0. The lowest BCUT2D eigenvalue weighted by Gasteiger charge is -2.45. The van der Waals surface area contributed by atoms with E-state index in [0.29, 0.717) is 0 Å². The minimum absolute atomic E-state index is 0.772. The second kappa shape index (κ2) is 4.94. The monoisotopic (exact) mass is 257 g/mol. The van der Waals surface area contributed by atoms with Crippen LogP contribution in [0.2, 0.25) is 0 Å². The van der Waals surface area contributed by atoms with E-state index in [1.807, 2.05) is 0 Å². The van der Waals surface area contributed by atoms with Gasteiger partial charge in [0.05, 0.1) is 0 Å². The van der Waals surface area contributed by atoms with Crippen molar-refractivity contribution in [3.8, 4) is 0 Å². The fourth-order valence-electron chi connectivity index (χ4n) is 4.59. The molecule has 1 aromatic rings. The number of nitrogens with zero attached hydrogens (tertiary/aromatic N) is 1. The van der Waals surface area contributed by atoms with Crippen molar-refractivity contribution < 1.29 is 0 Å². The average Bonchev–Trinajstić information content (AvgIpc) is 2.63. The Kier molecular flexibility index (Phi) is 3.42. The predicted molar refractivity (Wildman–Crippen MR) is 81.4 cm³/mol. The average molecular weight is 257 g/mol. The Morgan fingerprint density at radius 2 is 1.79 bits per heavy atom. The molecule has 1 nitrogen and oxygen atoms in total. The van der Waals surface area contributed by atoms with Crippen molar-refractivity contribution in [3.05, 3.63) is 35.4 Å². The van der Waals surface area contributed by atoms with Crippen molar-refractivity contribution in [2.24, 2.45) is 11.8 Å². The second-order valence-electron chi connectivity index (χ2n) is 7.04. The molecule has 0 saturated carbocycles. The molecule has 2 aliphatic rings. The minimum atomic E-state index is 0.772. The molecule has 1 aromatic carbocycles. The van der Waals surface area contributed by atoms with Gasteiger partial charge in [-0.25, -0.2) is 0 Å². The molecule has 2 aliphatic heterocycles. The number of hydrogen-bond acceptors (Lipinski definition) is 1. The Balaban J connectivity index is 1.93. The number of piperidine rings is 1. The molecule has 2 bridgehead atoms. The first-order valence-electron chi connectivity index (χ1n) is 7.86. The van der Waals surface area contributed by atoms with E-state index in [0.717, 1.165) is 29.8 Å². The van der Waals surface area contributed by atoms with Gasteiger partial charge < -0.3 is 4.90 Å². The highest BCUT2D eigenvalue weighted by Crippen LogP contribution is 2.48. The topological polar surface area (TPSA) is 3.24 Å². The van der Waals surface area contributed by atoms with Crippen LogP contribution in [-0.2, 0) is 0 Å². The smallest absolute Gasteiger partial charge is 0.0132 e. The molecule has 2 fully saturated rings. The van der Waals surface area contributed by atoms with Crippen LogP contribution in [0.5, 0.6) is 0 Å². The maximum atomic E-state index is 2.68. The first-order valence-corrected chi connectivity index (χ1v) is 7.86. The van der Waals surface area contributed by atoms with Crippen molar-refractivity contribution in [1.29, 1.82) is 0 Å². The van der Waals surface area contributed by atoms with Crippen molar-refractivity contribution >= 4 is 0 Å². The van der Waals surface area contributed by atoms with E-state index < -0.39 is 0 Å². The Hall–Kier alpha value is -0.820. The van der Waals surface area contributed by atoms with E-state index in [1.165, 1.54) is 24.8 Å². The van der Waals surface area contributed by atoms with Gasteiger partial charge in [0.2, 0.25) is 0 Å². The number of hydrogen-bond donors (Lipinski definition) is 0. The molecule has 0 spiro atoms. The zero-order valence-corrected chi connectivity index (χ0v) is 12.8. The van der Waals surface area contributed by atoms with E-state index in [-0.39, 0.29) is 0 Å². The molecular weight excluding hydrogens is 230 g/mol. The lowest BCUT2D eigenvalue weighted by atomic mass is 9.71. The largest absolute Gasteiger partial charge is 0.300 e. The van der Waals surface area contributed by atoms with Gasteiger partial charge in [0.15, 0.2) is 0 Å². The SMILES string of the molecule is Cc1ccc([C@H]2C[C@H]3CCC(C2C(C)C)N3C)cc1. The molecule has 1 heteroatoms. The number of fused-ring (bicyclic) bond motifs is 2. The third-order valence-electron chi connectivity index (χ3n) is 5.60. The quantitative estimate of drug-likeness (QED) is 0.767. The Labute approximate surface area is 118 Å². The minimum Gasteiger partial charge on any atom is -0.300 e. The highest BCUT2D eigenvalue weighted by Gasteiger charge is 2.46. The Morgan fingerprint density at radius 1 is 1.11 bits per heavy atom. The molecular formula is C18H27N. The van der Waals surface area contributed by atoms with Gasteiger partial charge in [-0.1, -0.05) is 43.7 Å². The molecule has 4 atom stereocenters. The summed E-state index contributed by atoms with van der Waals surface area (Å²) in [6.07, 6.45) is 4.18. The van der Waals surface area contributed by atoms with Gasteiger partial charge in [0.25, 0.3) is 0 Å². The van der Waals surface area contributed by atoms with Crippen LogP contribution in [0.1, 0.15) is 50.2 Å². The van der Waals surface area contributed by atoms with Gasteiger partial charge >= 0.3 is 0 Å². The van der Waals surface area contributed by atoms with Gasteiger partial charge in [-0.05, 0) is 56.6 Å². The van der Waals surface area contributed by atoms with Crippen LogP contribution in [0.15, 0.2) is 24.3 Å². The maximum absolute atomic E-state index is 2.68. The Morgan fingerprint density at radius 3 is 2.42 bits per heavy atom. The Bertz CT molecular complexity index is 434. The molecule has 104 valence electrons. The first-order chi connectivity index (χ1) is 9.08. The lowest BCUT2D eigenvalue weighted by molar-refractivity contribution is 0.0727. The van der Waals surface area contributed by atoms with E-state index >= 15 is 0 Å². The summed E-state index contributed by atoms with van der Waals surface area (Å²) >= 11 is 0. The molecule has 0 amide bonds. The molecule has 19 heavy (non-hydrogen) atoms. The molecule has 2 saturated heterocycles. The number of rotatable bonds is 2. The maximum Gasteiger partial charge on any atom is 0.0132 e. The highest BCUT2D eigenvalue weighted by atomic mass is 15.2. The standard InChI is InChI=1S/C18H27N/c1-12(2)18-16(14-7-5-13(3)6-8-14)11-15-9-10-17(18)19(15)4/h5-8,12,15-18H,9-11H2,1-4H3/t15-,16-,17?,18?/m1/s1. The van der Waals surface area contributed by atoms with Gasteiger partial charge in [-0.2, -0.15) is 0 Å². The zero-order valence-electron chi connectivity index (χ0n) is 12.8. The van der Waals surface area contributed by atoms with E-state index in [4.69, 9.17) is 0 Å². The van der Waals surface area contributed by atoms with Crippen LogP contribution in [0, 0.1) is 18.8 Å². The third kappa shape index (κ3) is 2.23. The summed E-state index contributed by atoms with van der Waals surface area (Å²) in [6.45, 7) is 7.01. The molecule has 0 radical (unpaired) electrons. The molecule has 2 heterocycles. The molecule has 3 rings (SSSR count). The van der Waals surface area contributed by atoms with Crippen LogP contribution < -0.4 is 0 Å². The van der Waals surface area contributed by atoms with E-state index in [2.05, 4.69) is 57.0 Å². The zero-order chi connectivity index (χ0) is 13.6. The van der Waals surface area contributed by atoms with Crippen LogP contribution in [0.3, 0.4) is 0 Å². The van der Waals surface area contributed by atoms with E-state index in [9.17, 15) is 0 Å². The summed E-state index contributed by atoms with van der Waals surface area (Å²) in [5, 5.41) is 0. The number of aryl methyl sites for hydroxylation is 1. The fraction of sp³-hybridized carbons (Fsp3) is 0.667. The van der Waals surface area contributed by atoms with Crippen molar-refractivity contribution in [2.75, 3.05) is 7.05 Å². The van der Waals surface area contributed by atoms with Crippen molar-refractivity contribution in [3.63, 3.8) is 0 Å². The van der Waals surface area contributed by atoms with Crippen LogP contribution >= 0.6 is 0 Å². The highest BCUT2D eigenvalue weighted by molar-refractivity contribution is 5.27. The van der Waals surface area contributed by atoms with Crippen LogP contribution in [0.4, 0.5) is 0 Å². The predicted octanol–water partition coefficient (Wildman–Crippen LogP) is 4.22. The van der Waals surface area contributed by atoms with Crippen molar-refractivity contribution in [1.82, 2.24) is 4.90 Å². The summed E-state index contributed by atoms with van der Waals surface area (Å²) in [4.78, 5) is 2.68. The summed E-state index contributed by atoms with van der Waals surface area (Å²) in [5.41, 5.74) is 2.95. The summed E-state index contributed by atoms with van der Waals surface area (Å²) in [6, 6.07) is 11.0. The third-order valence-corrected chi connectivity index (χ3v) is 5.60. The van der Waals surface area contributed by atoms with Gasteiger partial charge in [-0.15, -0.1) is 0 Å². The van der Waals surface area contributed by atoms with Crippen molar-refractivity contribution in [2.45, 2.75) is 58.0 Å². The summed E-state index contributed by atoms with van der Waals surface area (Å²) in [7, 11) is 2.35. The fourth-order valence-corrected chi connectivity index (χ4v) is 4.59. The molecule has 0 aliphatic carbocycles. The second-order valence-corrected chi connectivity index (χ2v) is 7.04. The summed E-state index contributed by atoms with van der Waals surface area (Å²) in [5.74, 6) is 2.37. The lowest BCUT2D eigenvalue weighted by Crippen LogP contribution is -2.47. The molecule has 0 N–H and O–H groups in total. The van der Waals surface area contributed by atoms with Crippen LogP contribution in [-0.4, -0.2) is 24.0 Å². The molecule has 2 unspecified atom stereocenters. The van der Waals surface area contributed by atoms with Gasteiger partial charge in [0, 0.05) is 12.1 Å². The van der Waals surface area contributed by atoms with Crippen LogP contribution in [0.25, 0.3) is 0 Å². The number of benzene rings is 1. The van der Waals surface area contributed by atoms with Gasteiger partial charge in [-0.3, -0.25) is 0 Å². The first kappa shape index (κ1) is 13.2.